The van der Waals surface area contributed by atoms with Crippen LogP contribution < -0.4 is 5.73 Å². The Labute approximate surface area is 96.4 Å². The molecule has 1 atom stereocenters. The molecule has 0 bridgehead atoms. The van der Waals surface area contributed by atoms with Gasteiger partial charge in [0.1, 0.15) is 6.10 Å². The Morgan fingerprint density at radius 2 is 2.12 bits per heavy atom. The molecule has 5 nitrogen and oxygen atoms in total. The molecule has 16 heavy (non-hydrogen) atoms. The second kappa shape index (κ2) is 5.41. The molecule has 0 aliphatic rings. The van der Waals surface area contributed by atoms with E-state index in [4.69, 9.17) is 15.0 Å². The van der Waals surface area contributed by atoms with E-state index in [1.54, 1.807) is 0 Å². The molecular weight excluding hydrogens is 206 g/mol. The van der Waals surface area contributed by atoms with Crippen LogP contribution in [-0.2, 0) is 11.2 Å². The van der Waals surface area contributed by atoms with Gasteiger partial charge < -0.3 is 15.0 Å². The lowest BCUT2D eigenvalue weighted by Crippen LogP contribution is -2.22. The Balaban J connectivity index is 2.84. The van der Waals surface area contributed by atoms with Gasteiger partial charge in [-0.25, -0.2) is 0 Å². The van der Waals surface area contributed by atoms with Crippen LogP contribution in [-0.4, -0.2) is 23.3 Å². The van der Waals surface area contributed by atoms with Crippen LogP contribution in [0.15, 0.2) is 4.52 Å². The van der Waals surface area contributed by atoms with Crippen molar-refractivity contribution >= 4 is 0 Å². The molecule has 1 aromatic rings. The zero-order chi connectivity index (χ0) is 12.2. The van der Waals surface area contributed by atoms with Crippen molar-refractivity contribution in [1.29, 1.82) is 0 Å². The van der Waals surface area contributed by atoms with Crippen molar-refractivity contribution in [2.75, 3.05) is 13.2 Å². The van der Waals surface area contributed by atoms with Crippen molar-refractivity contribution in [3.05, 3.63) is 11.7 Å². The van der Waals surface area contributed by atoms with Crippen molar-refractivity contribution < 1.29 is 9.26 Å². The van der Waals surface area contributed by atoms with Gasteiger partial charge in [-0.05, 0) is 12.3 Å². The summed E-state index contributed by atoms with van der Waals surface area (Å²) in [4.78, 5) is 4.30. The molecule has 0 aromatic carbocycles. The maximum absolute atomic E-state index is 5.67. The minimum Gasteiger partial charge on any atom is -0.370 e. The van der Waals surface area contributed by atoms with Gasteiger partial charge in [-0.3, -0.25) is 0 Å². The number of hydrogen-bond donors (Lipinski definition) is 1. The second-order valence-electron chi connectivity index (χ2n) is 4.79. The first-order chi connectivity index (χ1) is 7.49. The van der Waals surface area contributed by atoms with Crippen LogP contribution >= 0.6 is 0 Å². The smallest absolute Gasteiger partial charge is 0.228 e. The van der Waals surface area contributed by atoms with E-state index in [0.29, 0.717) is 31.3 Å². The second-order valence-corrected chi connectivity index (χ2v) is 4.79. The first kappa shape index (κ1) is 13.1. The molecule has 2 N–H and O–H groups in total. The fourth-order valence-electron chi connectivity index (χ4n) is 1.48. The van der Waals surface area contributed by atoms with E-state index in [2.05, 4.69) is 30.9 Å². The van der Waals surface area contributed by atoms with E-state index in [1.807, 2.05) is 6.92 Å². The van der Waals surface area contributed by atoms with E-state index in [1.165, 1.54) is 0 Å². The third-order valence-corrected chi connectivity index (χ3v) is 2.20. The molecule has 92 valence electrons. The van der Waals surface area contributed by atoms with Gasteiger partial charge >= 0.3 is 0 Å². The van der Waals surface area contributed by atoms with Crippen molar-refractivity contribution in [3.8, 4) is 0 Å². The minimum atomic E-state index is -0.146. The monoisotopic (exact) mass is 227 g/mol. The third kappa shape index (κ3) is 3.28. The summed E-state index contributed by atoms with van der Waals surface area (Å²) in [6.45, 7) is 9.36. The van der Waals surface area contributed by atoms with Crippen molar-refractivity contribution in [1.82, 2.24) is 10.1 Å². The van der Waals surface area contributed by atoms with Gasteiger partial charge in [0.05, 0.1) is 0 Å². The van der Waals surface area contributed by atoms with Crippen LogP contribution in [0.5, 0.6) is 0 Å². The largest absolute Gasteiger partial charge is 0.370 e. The molecule has 0 saturated heterocycles. The van der Waals surface area contributed by atoms with Gasteiger partial charge in [-0.2, -0.15) is 4.98 Å². The van der Waals surface area contributed by atoms with Crippen LogP contribution in [0.4, 0.5) is 0 Å². The molecule has 0 fully saturated rings. The van der Waals surface area contributed by atoms with Gasteiger partial charge in [0.25, 0.3) is 0 Å². The summed E-state index contributed by atoms with van der Waals surface area (Å²) < 4.78 is 10.8. The Hall–Kier alpha value is -0.940. The van der Waals surface area contributed by atoms with Crippen LogP contribution in [0.25, 0.3) is 0 Å². The highest BCUT2D eigenvalue weighted by Crippen LogP contribution is 2.34. The normalized spacial score (nSPS) is 14.1. The average Bonchev–Trinajstić information content (AvgIpc) is 2.61. The summed E-state index contributed by atoms with van der Waals surface area (Å²) in [7, 11) is 0. The van der Waals surface area contributed by atoms with Crippen LogP contribution in [0.3, 0.4) is 0 Å². The van der Waals surface area contributed by atoms with Crippen LogP contribution in [0.1, 0.15) is 45.5 Å². The van der Waals surface area contributed by atoms with Gasteiger partial charge in [-0.1, -0.05) is 25.9 Å². The molecule has 1 unspecified atom stereocenters. The Kier molecular flexibility index (Phi) is 4.44. The highest BCUT2D eigenvalue weighted by molar-refractivity contribution is 4.96. The predicted molar refractivity (Wildman–Crippen MR) is 60.9 cm³/mol. The molecule has 1 aromatic heterocycles. The standard InChI is InChI=1S/C11H21N3O2/c1-5-15-9(11(2,3)4)10-13-8(6-7-12)16-14-10/h9H,5-7,12H2,1-4H3. The summed E-state index contributed by atoms with van der Waals surface area (Å²) in [6.07, 6.45) is 0.462. The first-order valence-corrected chi connectivity index (χ1v) is 5.63. The van der Waals surface area contributed by atoms with Crippen molar-refractivity contribution in [2.45, 2.75) is 40.2 Å². The number of ether oxygens (including phenoxy) is 1. The zero-order valence-electron chi connectivity index (χ0n) is 10.5. The number of hydrogen-bond acceptors (Lipinski definition) is 5. The van der Waals surface area contributed by atoms with E-state index >= 15 is 0 Å². The number of aromatic nitrogens is 2. The third-order valence-electron chi connectivity index (χ3n) is 2.20. The Morgan fingerprint density at radius 1 is 1.44 bits per heavy atom. The van der Waals surface area contributed by atoms with Gasteiger partial charge in [0, 0.05) is 19.6 Å². The summed E-state index contributed by atoms with van der Waals surface area (Å²) in [5, 5.41) is 3.95. The number of rotatable bonds is 5. The maximum Gasteiger partial charge on any atom is 0.228 e. The van der Waals surface area contributed by atoms with Crippen LogP contribution in [0, 0.1) is 5.41 Å². The molecule has 0 aliphatic carbocycles. The highest BCUT2D eigenvalue weighted by Gasteiger charge is 2.31. The van der Waals surface area contributed by atoms with Crippen molar-refractivity contribution in [2.24, 2.45) is 11.1 Å². The number of nitrogens with zero attached hydrogens (tertiary/aromatic N) is 2. The van der Waals surface area contributed by atoms with E-state index in [0.717, 1.165) is 0 Å². The van der Waals surface area contributed by atoms with E-state index in [9.17, 15) is 0 Å². The first-order valence-electron chi connectivity index (χ1n) is 5.63. The summed E-state index contributed by atoms with van der Waals surface area (Å²) >= 11 is 0. The Bertz CT molecular complexity index is 317. The lowest BCUT2D eigenvalue weighted by atomic mass is 9.88. The molecule has 0 radical (unpaired) electrons. The highest BCUT2D eigenvalue weighted by atomic mass is 16.5. The predicted octanol–water partition coefficient (Wildman–Crippen LogP) is 1.69. The Morgan fingerprint density at radius 3 is 2.62 bits per heavy atom. The van der Waals surface area contributed by atoms with E-state index in [-0.39, 0.29) is 11.5 Å². The fourth-order valence-corrected chi connectivity index (χ4v) is 1.48. The molecule has 1 heterocycles. The maximum atomic E-state index is 5.67. The lowest BCUT2D eigenvalue weighted by molar-refractivity contribution is -0.0203. The molecule has 5 heteroatoms. The van der Waals surface area contributed by atoms with E-state index < -0.39 is 0 Å². The number of nitrogens with two attached hydrogens (primary N) is 1. The average molecular weight is 227 g/mol. The molecule has 0 aliphatic heterocycles. The summed E-state index contributed by atoms with van der Waals surface area (Å²) in [6, 6.07) is 0. The molecule has 0 amide bonds. The molecule has 0 saturated carbocycles. The molecule has 1 rings (SSSR count). The van der Waals surface area contributed by atoms with Crippen LogP contribution in [0.2, 0.25) is 0 Å². The zero-order valence-corrected chi connectivity index (χ0v) is 10.5. The quantitative estimate of drug-likeness (QED) is 0.828. The molecular formula is C11H21N3O2. The topological polar surface area (TPSA) is 74.2 Å². The van der Waals surface area contributed by atoms with Gasteiger partial charge in [-0.15, -0.1) is 0 Å². The molecule has 0 spiro atoms. The lowest BCUT2D eigenvalue weighted by Gasteiger charge is -2.27. The SMILES string of the molecule is CCOC(c1noc(CCN)n1)C(C)(C)C. The van der Waals surface area contributed by atoms with Crippen molar-refractivity contribution in [3.63, 3.8) is 0 Å². The summed E-state index contributed by atoms with van der Waals surface area (Å²) in [5.74, 6) is 1.18. The van der Waals surface area contributed by atoms with Gasteiger partial charge in [0.2, 0.25) is 11.7 Å². The minimum absolute atomic E-state index is 0.0557. The fraction of sp³-hybridized carbons (Fsp3) is 0.818. The summed E-state index contributed by atoms with van der Waals surface area (Å²) in [5.41, 5.74) is 5.38. The van der Waals surface area contributed by atoms with Gasteiger partial charge in [0.15, 0.2) is 0 Å².